The number of rotatable bonds is 32. The molecule has 14 atom stereocenters. The minimum Gasteiger partial charge on any atom is -0.458 e. The summed E-state index contributed by atoms with van der Waals surface area (Å²) in [4.78, 5) is 220. The van der Waals surface area contributed by atoms with Crippen molar-refractivity contribution >= 4 is 102 Å². The number of primary amides is 1. The van der Waals surface area contributed by atoms with Gasteiger partial charge in [-0.25, -0.2) is 23.7 Å². The van der Waals surface area contributed by atoms with Crippen LogP contribution < -0.4 is 48.3 Å². The number of methoxy groups -OCH3 is 1. The van der Waals surface area contributed by atoms with Crippen molar-refractivity contribution in [2.24, 2.45) is 23.5 Å². The van der Waals surface area contributed by atoms with Crippen molar-refractivity contribution in [3.8, 4) is 0 Å². The maximum Gasteiger partial charge on any atom is 0.472 e. The number of likely N-dealkylation sites (N-methyl/N-ethyl adjacent to an activating group) is 3. The van der Waals surface area contributed by atoms with Gasteiger partial charge in [0.2, 0.25) is 41.4 Å². The normalized spacial score (nSPS) is 21.9. The van der Waals surface area contributed by atoms with E-state index in [4.69, 9.17) is 33.7 Å². The van der Waals surface area contributed by atoms with Gasteiger partial charge in [0.05, 0.1) is 18.8 Å². The van der Waals surface area contributed by atoms with E-state index in [1.807, 2.05) is 13.8 Å². The Labute approximate surface area is 633 Å². The van der Waals surface area contributed by atoms with E-state index < -0.39 is 200 Å². The number of carbonyl (C=O) groups excluding carboxylic acids is 15. The summed E-state index contributed by atoms with van der Waals surface area (Å²) >= 11 is 0. The number of imide groups is 1. The number of hydrogen-bond donors (Lipinski definition) is 10. The van der Waals surface area contributed by atoms with Gasteiger partial charge in [-0.05, 0) is 81.5 Å². The molecule has 1 saturated heterocycles. The maximum absolute atomic E-state index is 15.5. The van der Waals surface area contributed by atoms with Crippen LogP contribution in [0, 0.1) is 17.8 Å². The number of phosphoric acid groups is 1. The summed E-state index contributed by atoms with van der Waals surface area (Å²) in [6, 6.07) is 1.13. The number of nitrogens with two attached hydrogens (primary N) is 1. The molecule has 0 bridgehead atoms. The molecular weight excluding hydrogens is 1450 g/mol. The lowest BCUT2D eigenvalue weighted by Crippen LogP contribution is -2.64. The third kappa shape index (κ3) is 27.6. The highest BCUT2D eigenvalue weighted by Crippen LogP contribution is 2.47. The summed E-state index contributed by atoms with van der Waals surface area (Å²) in [7, 11) is -0.661. The van der Waals surface area contributed by atoms with Crippen LogP contribution in [0.4, 0.5) is 10.5 Å². The van der Waals surface area contributed by atoms with E-state index in [-0.39, 0.29) is 62.5 Å². The van der Waals surface area contributed by atoms with Gasteiger partial charge in [-0.15, -0.1) is 0 Å². The van der Waals surface area contributed by atoms with Gasteiger partial charge in [0, 0.05) is 98.0 Å². The summed E-state index contributed by atoms with van der Waals surface area (Å²) < 4.78 is 48.7. The Balaban J connectivity index is 1.68. The number of esters is 3. The van der Waals surface area contributed by atoms with E-state index in [9.17, 15) is 71.8 Å². The highest BCUT2D eigenvalue weighted by molar-refractivity contribution is 7.47. The molecule has 0 saturated carbocycles. The van der Waals surface area contributed by atoms with Gasteiger partial charge in [0.1, 0.15) is 42.1 Å². The molecule has 36 nitrogen and oxygen atoms in total. The number of urea groups is 1. The van der Waals surface area contributed by atoms with Gasteiger partial charge in [-0.3, -0.25) is 66.7 Å². The van der Waals surface area contributed by atoms with E-state index in [1.165, 1.54) is 101 Å². The van der Waals surface area contributed by atoms with E-state index in [1.54, 1.807) is 30.3 Å². The first kappa shape index (κ1) is 91.4. The van der Waals surface area contributed by atoms with Crippen LogP contribution in [-0.4, -0.2) is 240 Å². The van der Waals surface area contributed by atoms with Crippen molar-refractivity contribution in [1.29, 1.82) is 0 Å². The predicted molar refractivity (Wildman–Crippen MR) is 392 cm³/mol. The first-order valence-electron chi connectivity index (χ1n) is 35.5. The third-order valence-electron chi connectivity index (χ3n) is 18.1. The van der Waals surface area contributed by atoms with Gasteiger partial charge in [-0.2, -0.15) is 0 Å². The summed E-state index contributed by atoms with van der Waals surface area (Å²) in [6.45, 7) is 20.3. The second-order valence-electron chi connectivity index (χ2n) is 27.4. The van der Waals surface area contributed by atoms with Crippen LogP contribution in [0.1, 0.15) is 120 Å². The van der Waals surface area contributed by atoms with Crippen molar-refractivity contribution in [1.82, 2.24) is 56.8 Å². The SMILES string of the molecule is C=C1C(=O)N[C@@H](C)C(=O)N(C)[C@@H](C)C(=O)N[C@@H]([C@H](OC(=O)[C@@H](NC(=O)CC)[C@H](OP(=O)(O)OCc2ccc(NC(=O)[C@H](CCCNC(N)=O)NC[C@@H](NC(=O)CCN3C(=O)C=CC3=O)C(C)C)cc2)C(C)C)C(C)C)C(=O)N(C)[C@@H]([C@@H](C)OC)C(=O)O[C@H](C)[C@H](NC(C)=O)C(=O)O[C@H](Cc2ccccc2)C(=O)N1C. The van der Waals surface area contributed by atoms with Gasteiger partial charge < -0.3 is 86.8 Å². The summed E-state index contributed by atoms with van der Waals surface area (Å²) in [6.07, 6.45) is -6.33. The largest absolute Gasteiger partial charge is 0.472 e. The number of nitrogens with one attached hydrogen (secondary N) is 8. The van der Waals surface area contributed by atoms with Crippen LogP contribution in [0.15, 0.2) is 79.0 Å². The zero-order chi connectivity index (χ0) is 82.1. The molecular formula is C72H106N13O23P. The molecule has 2 aliphatic heterocycles. The van der Waals surface area contributed by atoms with Crippen molar-refractivity contribution in [2.75, 3.05) is 53.2 Å². The standard InChI is InChI=1S/C72H106N13O23P/c1-18-53(87)80-59(62(40(6)7)108-109(101,102)104-37-48-26-28-49(29-27-48)78-65(93)50(25-22-33-74-72(73)100)75-36-51(38(2)3)79-54(88)32-34-85-55(89)30-31-56(85)90)70(98)107-61(39(4)5)58-68(96)84(16)60(45(12)103-17)71(99)105-44(11)57(77-46(13)86)69(97)106-52(35-47-23-20-19-21-24-47)67(95)83(15)42(9)63(91)76-41(8)66(94)82(14)43(10)64(92)81-58/h19-21,23-24,26-31,38-41,43-45,50-52,57-62,75H,9,18,22,25,32-37H2,1-8,10-17H3,(H,76,91)(H,77,86)(H,78,93)(H,79,88)(H,80,87)(H,81,92)(H,101,102)(H3,73,74,100)/t41-,43-,44+,45+,50-,51+,52+,57-,58-,59-,60-,61+,62+/m0/s1. The van der Waals surface area contributed by atoms with Gasteiger partial charge in [0.15, 0.2) is 24.2 Å². The van der Waals surface area contributed by atoms with Crippen LogP contribution in [0.3, 0.4) is 0 Å². The van der Waals surface area contributed by atoms with Crippen LogP contribution in [0.5, 0.6) is 0 Å². The summed E-state index contributed by atoms with van der Waals surface area (Å²) in [5.74, 6) is -14.9. The number of hydrogen-bond acceptors (Lipinski definition) is 23. The molecule has 1 fully saturated rings. The van der Waals surface area contributed by atoms with Crippen LogP contribution in [-0.2, 0) is 113 Å². The van der Waals surface area contributed by atoms with Crippen LogP contribution in [0.25, 0.3) is 0 Å². The Morgan fingerprint density at radius 3 is 1.94 bits per heavy atom. The van der Waals surface area contributed by atoms with Gasteiger partial charge in [0.25, 0.3) is 23.6 Å². The summed E-state index contributed by atoms with van der Waals surface area (Å²) in [5, 5.41) is 21.2. The molecule has 0 aromatic heterocycles. The number of amides is 13. The molecule has 11 N–H and O–H groups in total. The molecule has 13 amide bonds. The molecule has 0 aliphatic carbocycles. The minimum absolute atomic E-state index is 0.0935. The molecule has 109 heavy (non-hydrogen) atoms. The highest BCUT2D eigenvalue weighted by atomic mass is 31.2. The number of nitrogens with zero attached hydrogens (tertiary/aromatic N) is 4. The quantitative estimate of drug-likeness (QED) is 0.0121. The maximum atomic E-state index is 15.5. The fraction of sp³-hybridized carbons (Fsp3) is 0.569. The van der Waals surface area contributed by atoms with E-state index in [2.05, 4.69) is 49.1 Å². The monoisotopic (exact) mass is 1550 g/mol. The second-order valence-corrected chi connectivity index (χ2v) is 28.8. The van der Waals surface area contributed by atoms with Crippen molar-refractivity contribution < 1.29 is 109 Å². The number of ether oxygens (including phenoxy) is 4. The smallest absolute Gasteiger partial charge is 0.458 e. The Morgan fingerprint density at radius 2 is 1.39 bits per heavy atom. The zero-order valence-electron chi connectivity index (χ0n) is 64.4. The molecule has 2 aliphatic rings. The number of cyclic esters (lactones) is 2. The van der Waals surface area contributed by atoms with Crippen LogP contribution >= 0.6 is 7.82 Å². The lowest BCUT2D eigenvalue weighted by Gasteiger charge is -2.38. The highest BCUT2D eigenvalue weighted by Gasteiger charge is 2.48. The molecule has 1 unspecified atom stereocenters. The first-order chi connectivity index (χ1) is 51.0. The van der Waals surface area contributed by atoms with Crippen molar-refractivity contribution in [3.05, 3.63) is 90.2 Å². The number of anilines is 1. The molecule has 0 spiro atoms. The molecule has 4 rings (SSSR count). The predicted octanol–water partition coefficient (Wildman–Crippen LogP) is 0.883. The summed E-state index contributed by atoms with van der Waals surface area (Å²) in [5.41, 5.74) is 5.73. The average molecular weight is 1550 g/mol. The average Bonchev–Trinajstić information content (AvgIpc) is 1.65. The molecule has 37 heteroatoms. The zero-order valence-corrected chi connectivity index (χ0v) is 65.3. The molecule has 0 radical (unpaired) electrons. The topological polar surface area (TPSA) is 484 Å². The van der Waals surface area contributed by atoms with Gasteiger partial charge >= 0.3 is 31.8 Å². The van der Waals surface area contributed by atoms with E-state index in [0.29, 0.717) is 12.0 Å². The molecule has 2 aromatic carbocycles. The molecule has 602 valence electrons. The van der Waals surface area contributed by atoms with E-state index in [0.717, 1.165) is 52.8 Å². The van der Waals surface area contributed by atoms with Gasteiger partial charge in [-0.1, -0.05) is 97.5 Å². The number of carbonyl (C=O) groups is 15. The minimum atomic E-state index is -5.30. The molecule has 2 heterocycles. The number of phosphoric ester groups is 1. The van der Waals surface area contributed by atoms with E-state index >= 15 is 9.59 Å². The number of benzene rings is 2. The first-order valence-corrected chi connectivity index (χ1v) is 37.0. The van der Waals surface area contributed by atoms with Crippen LogP contribution in [0.2, 0.25) is 0 Å². The third-order valence-corrected chi connectivity index (χ3v) is 19.0. The Kier molecular flexibility index (Phi) is 35.8. The Morgan fingerprint density at radius 1 is 0.761 bits per heavy atom. The Hall–Kier alpha value is -10.0. The Bertz CT molecular complexity index is 3670. The molecule has 2 aromatic rings. The lowest BCUT2D eigenvalue weighted by molar-refractivity contribution is -0.174. The fourth-order valence-electron chi connectivity index (χ4n) is 11.2. The van der Waals surface area contributed by atoms with Crippen molar-refractivity contribution in [2.45, 2.75) is 201 Å². The second kappa shape index (κ2) is 42.7. The lowest BCUT2D eigenvalue weighted by atomic mass is 9.95. The fourth-order valence-corrected chi connectivity index (χ4v) is 12.3. The van der Waals surface area contributed by atoms with Crippen molar-refractivity contribution in [3.63, 3.8) is 0 Å².